The third kappa shape index (κ3) is 2.33. The van der Waals surface area contributed by atoms with Gasteiger partial charge >= 0.3 is 5.97 Å². The Morgan fingerprint density at radius 1 is 1.32 bits per heavy atom. The summed E-state index contributed by atoms with van der Waals surface area (Å²) in [6.45, 7) is 1.54. The van der Waals surface area contributed by atoms with Gasteiger partial charge in [-0.05, 0) is 31.5 Å². The Bertz CT molecular complexity index is 626. The standard InChI is InChI=1S/C11H11Cl2NO4S/c1-11(10(15)16)2-3-14(11)19(17,18)9-5-7(12)4-8(13)6-9/h4-6H,2-3H2,1H3,(H,15,16). The van der Waals surface area contributed by atoms with Gasteiger partial charge in [-0.15, -0.1) is 0 Å². The highest BCUT2D eigenvalue weighted by Crippen LogP contribution is 2.37. The SMILES string of the molecule is CC1(C(=O)O)CCN1S(=O)(=O)c1cc(Cl)cc(Cl)c1. The predicted molar refractivity (Wildman–Crippen MR) is 71.0 cm³/mol. The molecule has 1 heterocycles. The maximum atomic E-state index is 12.4. The van der Waals surface area contributed by atoms with Crippen LogP contribution in [0.15, 0.2) is 23.1 Å². The van der Waals surface area contributed by atoms with Crippen LogP contribution < -0.4 is 0 Å². The first-order chi connectivity index (χ1) is 8.68. The Balaban J connectivity index is 2.47. The van der Waals surface area contributed by atoms with Crippen LogP contribution in [-0.2, 0) is 14.8 Å². The molecule has 0 amide bonds. The second-order valence-corrected chi connectivity index (χ2v) is 7.25. The zero-order chi connectivity index (χ0) is 14.4. The summed E-state index contributed by atoms with van der Waals surface area (Å²) in [7, 11) is -3.92. The zero-order valence-corrected chi connectivity index (χ0v) is 12.3. The molecule has 1 aromatic rings. The van der Waals surface area contributed by atoms with Crippen LogP contribution in [0.25, 0.3) is 0 Å². The van der Waals surface area contributed by atoms with Gasteiger partial charge < -0.3 is 5.11 Å². The second kappa shape index (κ2) is 4.63. The van der Waals surface area contributed by atoms with Crippen molar-refractivity contribution in [3.63, 3.8) is 0 Å². The molecule has 1 aromatic carbocycles. The van der Waals surface area contributed by atoms with Crippen LogP contribution >= 0.6 is 23.2 Å². The van der Waals surface area contributed by atoms with E-state index in [0.29, 0.717) is 0 Å². The average Bonchev–Trinajstić information content (AvgIpc) is 2.24. The lowest BCUT2D eigenvalue weighted by Crippen LogP contribution is -2.64. The quantitative estimate of drug-likeness (QED) is 0.925. The molecule has 1 aliphatic heterocycles. The van der Waals surface area contributed by atoms with E-state index in [1.165, 1.54) is 25.1 Å². The van der Waals surface area contributed by atoms with Crippen LogP contribution in [0.2, 0.25) is 10.0 Å². The van der Waals surface area contributed by atoms with Gasteiger partial charge in [-0.2, -0.15) is 4.31 Å². The van der Waals surface area contributed by atoms with E-state index in [1.54, 1.807) is 0 Å². The van der Waals surface area contributed by atoms with Gasteiger partial charge in [-0.3, -0.25) is 4.79 Å². The maximum absolute atomic E-state index is 12.4. The Hall–Kier alpha value is -0.820. The summed E-state index contributed by atoms with van der Waals surface area (Å²) in [4.78, 5) is 11.1. The molecule has 1 aliphatic rings. The minimum Gasteiger partial charge on any atom is -0.480 e. The largest absolute Gasteiger partial charge is 0.480 e. The Kier molecular flexibility index (Phi) is 3.55. The lowest BCUT2D eigenvalue weighted by Gasteiger charge is -2.45. The monoisotopic (exact) mass is 323 g/mol. The van der Waals surface area contributed by atoms with E-state index >= 15 is 0 Å². The first-order valence-electron chi connectivity index (χ1n) is 5.40. The number of carboxylic acids is 1. The molecule has 2 rings (SSSR count). The first-order valence-corrected chi connectivity index (χ1v) is 7.60. The highest BCUT2D eigenvalue weighted by Gasteiger charge is 2.53. The minimum atomic E-state index is -3.92. The van der Waals surface area contributed by atoms with Crippen molar-refractivity contribution in [3.05, 3.63) is 28.2 Å². The molecule has 1 unspecified atom stereocenters. The lowest BCUT2D eigenvalue weighted by molar-refractivity contribution is -0.153. The molecule has 0 aromatic heterocycles. The van der Waals surface area contributed by atoms with E-state index in [4.69, 9.17) is 28.3 Å². The fraction of sp³-hybridized carbons (Fsp3) is 0.364. The van der Waals surface area contributed by atoms with Crippen molar-refractivity contribution in [2.24, 2.45) is 0 Å². The third-order valence-corrected chi connectivity index (χ3v) is 5.67. The van der Waals surface area contributed by atoms with E-state index < -0.39 is 21.5 Å². The summed E-state index contributed by atoms with van der Waals surface area (Å²) >= 11 is 11.5. The molecule has 0 bridgehead atoms. The molecule has 8 heteroatoms. The lowest BCUT2D eigenvalue weighted by atomic mass is 9.90. The van der Waals surface area contributed by atoms with Crippen LogP contribution in [0, 0.1) is 0 Å². The molecule has 0 aliphatic carbocycles. The topological polar surface area (TPSA) is 74.7 Å². The second-order valence-electron chi connectivity index (χ2n) is 4.51. The van der Waals surface area contributed by atoms with Crippen LogP contribution in [0.1, 0.15) is 13.3 Å². The van der Waals surface area contributed by atoms with Gasteiger partial charge in [0.2, 0.25) is 10.0 Å². The van der Waals surface area contributed by atoms with Gasteiger partial charge in [-0.1, -0.05) is 23.2 Å². The molecule has 1 N–H and O–H groups in total. The van der Waals surface area contributed by atoms with Crippen molar-refractivity contribution in [2.75, 3.05) is 6.54 Å². The van der Waals surface area contributed by atoms with Gasteiger partial charge in [0.15, 0.2) is 0 Å². The summed E-state index contributed by atoms with van der Waals surface area (Å²) in [6.07, 6.45) is 0.274. The van der Waals surface area contributed by atoms with Crippen molar-refractivity contribution in [1.82, 2.24) is 4.31 Å². The first kappa shape index (κ1) is 14.6. The van der Waals surface area contributed by atoms with Gasteiger partial charge in [-0.25, -0.2) is 8.42 Å². The van der Waals surface area contributed by atoms with Crippen molar-refractivity contribution in [2.45, 2.75) is 23.8 Å². The number of aliphatic carboxylic acids is 1. The molecule has 1 fully saturated rings. The Morgan fingerprint density at radius 2 is 1.84 bits per heavy atom. The van der Waals surface area contributed by atoms with Crippen molar-refractivity contribution < 1.29 is 18.3 Å². The number of hydrogen-bond donors (Lipinski definition) is 1. The number of carbonyl (C=O) groups is 1. The highest BCUT2D eigenvalue weighted by molar-refractivity contribution is 7.89. The number of nitrogens with zero attached hydrogens (tertiary/aromatic N) is 1. The van der Waals surface area contributed by atoms with Crippen LogP contribution in [0.5, 0.6) is 0 Å². The summed E-state index contributed by atoms with van der Waals surface area (Å²) in [6, 6.07) is 3.92. The number of benzene rings is 1. The zero-order valence-electron chi connectivity index (χ0n) is 9.93. The molecule has 19 heavy (non-hydrogen) atoms. The van der Waals surface area contributed by atoms with Crippen LogP contribution in [0.3, 0.4) is 0 Å². The fourth-order valence-corrected chi connectivity index (χ4v) is 4.44. The van der Waals surface area contributed by atoms with E-state index in [1.807, 2.05) is 0 Å². The van der Waals surface area contributed by atoms with Crippen molar-refractivity contribution in [1.29, 1.82) is 0 Å². The van der Waals surface area contributed by atoms with E-state index in [2.05, 4.69) is 0 Å². The van der Waals surface area contributed by atoms with Crippen molar-refractivity contribution >= 4 is 39.2 Å². The number of hydrogen-bond acceptors (Lipinski definition) is 3. The van der Waals surface area contributed by atoms with E-state index in [9.17, 15) is 13.2 Å². The average molecular weight is 324 g/mol. The van der Waals surface area contributed by atoms with Gasteiger partial charge in [0.05, 0.1) is 4.90 Å². The maximum Gasteiger partial charge on any atom is 0.324 e. The summed E-state index contributed by atoms with van der Waals surface area (Å²) in [5, 5.41) is 9.49. The molecule has 104 valence electrons. The van der Waals surface area contributed by atoms with Gasteiger partial charge in [0.1, 0.15) is 5.54 Å². The van der Waals surface area contributed by atoms with Crippen LogP contribution in [-0.4, -0.2) is 35.9 Å². The van der Waals surface area contributed by atoms with Crippen molar-refractivity contribution in [3.8, 4) is 0 Å². The van der Waals surface area contributed by atoms with Crippen LogP contribution in [0.4, 0.5) is 0 Å². The number of carboxylic acid groups (broad SMARTS) is 1. The molecular weight excluding hydrogens is 313 g/mol. The molecule has 0 spiro atoms. The molecule has 1 saturated heterocycles. The third-order valence-electron chi connectivity index (χ3n) is 3.24. The fourth-order valence-electron chi connectivity index (χ4n) is 1.94. The summed E-state index contributed by atoms with van der Waals surface area (Å²) in [5.74, 6) is -1.17. The number of sulfonamides is 1. The Morgan fingerprint density at radius 3 is 2.21 bits per heavy atom. The molecule has 1 atom stereocenters. The van der Waals surface area contributed by atoms with E-state index in [0.717, 1.165) is 4.31 Å². The molecule has 5 nitrogen and oxygen atoms in total. The molecular formula is C11H11Cl2NO4S. The summed E-state index contributed by atoms with van der Waals surface area (Å²) in [5.41, 5.74) is -1.41. The predicted octanol–water partition coefficient (Wildman–Crippen LogP) is 2.23. The Labute approximate surface area is 120 Å². The van der Waals surface area contributed by atoms with E-state index in [-0.39, 0.29) is 27.9 Å². The minimum absolute atomic E-state index is 0.0998. The smallest absolute Gasteiger partial charge is 0.324 e. The summed E-state index contributed by atoms with van der Waals surface area (Å²) < 4.78 is 25.7. The molecule has 0 radical (unpaired) electrons. The molecule has 0 saturated carbocycles. The normalized spacial score (nSPS) is 23.9. The highest BCUT2D eigenvalue weighted by atomic mass is 35.5. The van der Waals surface area contributed by atoms with Gasteiger partial charge in [0, 0.05) is 16.6 Å². The van der Waals surface area contributed by atoms with Gasteiger partial charge in [0.25, 0.3) is 0 Å². The number of rotatable bonds is 3. The number of halogens is 2.